The Morgan fingerprint density at radius 2 is 0.624 bits per heavy atom. The average Bonchev–Trinajstić information content (AvgIpc) is 1.58. The number of imidazole rings is 7. The molecule has 14 aromatic rings. The quantitative estimate of drug-likeness (QED) is 0.0860. The fourth-order valence-corrected chi connectivity index (χ4v) is 21.5. The zero-order valence-electron chi connectivity index (χ0n) is 80.9. The Balaban J connectivity index is 0.000000129. The second kappa shape index (κ2) is 32.5. The number of para-hydroxylation sites is 11. The van der Waals surface area contributed by atoms with Gasteiger partial charge in [-0.15, -0.1) is 0 Å². The fourth-order valence-electron chi connectivity index (χ4n) is 21.5. The largest absolute Gasteiger partial charge is 0.346 e. The molecule has 0 amide bonds. The van der Waals surface area contributed by atoms with Crippen molar-refractivity contribution in [3.8, 4) is 0 Å². The third-order valence-corrected chi connectivity index (χ3v) is 28.2. The summed E-state index contributed by atoms with van der Waals surface area (Å²) in [5, 5.41) is 1.29. The SMILES string of the molecule is Cc1n(C)c(N2c3ccccc3N(C(C)(C)c3cc4ccccc4n3C)[C@@H]2C)c[n+]1C(C)C.Cc1n(C)c(N2c3ccccc3N(C(C)(C)c3nc4ccccc4n3C)[C@@H]2C)c[n+]1C(C)C.Cc1n(C)c(N2c3ccccc3N(C(C)(C)c3nccn3C)[C@@H]2C)c[n+]1C(C)C.Cc1ncc(C(C)(C)N2c3ccccc3N(c3c[n+](C(C)C)c(C)n3C)[C@H]2C)n1C. The van der Waals surface area contributed by atoms with Crippen LogP contribution in [0.5, 0.6) is 0 Å². The molecule has 0 bridgehead atoms. The van der Waals surface area contributed by atoms with E-state index >= 15 is 0 Å². The van der Waals surface area contributed by atoms with Crippen LogP contribution in [-0.4, -0.2) is 76.2 Å². The van der Waals surface area contributed by atoms with Crippen LogP contribution < -0.4 is 57.5 Å². The van der Waals surface area contributed by atoms with E-state index in [2.05, 4.69) is 510 Å². The number of nitrogens with zero attached hydrogens (tertiary/aromatic N) is 23. The molecule has 0 fully saturated rings. The van der Waals surface area contributed by atoms with Gasteiger partial charge < -0.3 is 37.9 Å². The molecule has 0 saturated heterocycles. The van der Waals surface area contributed by atoms with E-state index in [9.17, 15) is 0 Å². The first-order valence-electron chi connectivity index (χ1n) is 45.0. The van der Waals surface area contributed by atoms with E-state index in [1.807, 2.05) is 18.6 Å². The van der Waals surface area contributed by atoms with E-state index < -0.39 is 0 Å². The van der Waals surface area contributed by atoms with Crippen LogP contribution in [0.2, 0.25) is 0 Å². The normalized spacial score (nSPS) is 16.5. The van der Waals surface area contributed by atoms with Crippen molar-refractivity contribution in [2.75, 3.05) is 39.2 Å². The molecule has 658 valence electrons. The van der Waals surface area contributed by atoms with Crippen LogP contribution in [0.4, 0.5) is 68.8 Å². The van der Waals surface area contributed by atoms with Gasteiger partial charge in [0.15, 0.2) is 24.8 Å². The van der Waals surface area contributed by atoms with Crippen LogP contribution in [0.25, 0.3) is 21.9 Å². The molecule has 23 heteroatoms. The van der Waals surface area contributed by atoms with Gasteiger partial charge in [0.25, 0.3) is 23.3 Å². The highest BCUT2D eigenvalue weighted by Crippen LogP contribution is 2.55. The van der Waals surface area contributed by atoms with Gasteiger partial charge >= 0.3 is 0 Å². The van der Waals surface area contributed by atoms with E-state index in [-0.39, 0.29) is 46.8 Å². The Morgan fingerprint density at radius 1 is 0.320 bits per heavy atom. The van der Waals surface area contributed by atoms with Crippen LogP contribution in [0.3, 0.4) is 0 Å². The third kappa shape index (κ3) is 14.2. The number of fused-ring (bicyclic) bond motifs is 6. The summed E-state index contributed by atoms with van der Waals surface area (Å²) in [6, 6.07) is 56.1. The lowest BCUT2D eigenvalue weighted by Gasteiger charge is -2.42. The molecular weight excluding hydrogens is 1550 g/mol. The topological polar surface area (TPSA) is 120 Å². The van der Waals surface area contributed by atoms with E-state index in [1.165, 1.54) is 114 Å². The standard InChI is InChI=1S/C28H36N5.C27H35N6.C24H35N6.C23H33N6/c1-19(2)31-18-27(29(7)20(31)3)32-21(4)33(25-16-12-11-15-24(25)32)28(5,6)26-17-22-13-9-10-14-23(22)30(26)8;1-18(2)31-17-25(29(7)19(31)3)32-20(4)33(24-16-12-11-15-23(24)32)27(5,6)26-28-21-13-9-10-14-22(21)30(26)8;1-16(2)28-15-23(27(9)18(28)4)29-19(5)30(21-13-11-10-12-20(21)29)24(6,7)22-14-25-17(3)26(22)8;1-16(2)27-15-21(26(8)17(27)3)28-18(4)29(20-12-10-9-11-19(20)28)23(5,6)22-24-13-14-25(22)7/h9-19,21H,1-8H3;9-18,20H,1-8H3;10-16,19H,1-9H3;9-16,18H,1-8H3/q4*+1/t21-;20-;19-;18-/m1111/s1. The van der Waals surface area contributed by atoms with E-state index in [0.29, 0.717) is 24.2 Å². The first-order chi connectivity index (χ1) is 59.0. The monoisotopic (exact) mass is 1690 g/mol. The summed E-state index contributed by atoms with van der Waals surface area (Å²) in [7, 11) is 17.2. The average molecular weight is 1690 g/mol. The number of anilines is 12. The Bertz CT molecular complexity index is 6110. The summed E-state index contributed by atoms with van der Waals surface area (Å²) < 4.78 is 27.6. The number of aryl methyl sites for hydroxylation is 4. The maximum absolute atomic E-state index is 5.09. The maximum atomic E-state index is 5.09. The fraction of sp³-hybridized carbons (Fsp3) is 0.441. The molecular formula is C102H139N23+4. The predicted octanol–water partition coefficient (Wildman–Crippen LogP) is 19.9. The lowest BCUT2D eigenvalue weighted by molar-refractivity contribution is -0.721. The first kappa shape index (κ1) is 87.9. The highest BCUT2D eigenvalue weighted by Gasteiger charge is 2.52. The molecule has 0 spiro atoms. The van der Waals surface area contributed by atoms with Crippen molar-refractivity contribution >= 4 is 90.7 Å². The summed E-state index contributed by atoms with van der Waals surface area (Å²) in [4.78, 5) is 34.3. The Hall–Kier alpha value is -12.0. The molecule has 12 heterocycles. The zero-order chi connectivity index (χ0) is 90.3. The zero-order valence-corrected chi connectivity index (χ0v) is 80.9. The minimum absolute atomic E-state index is 0.117. The molecule has 0 N–H and O–H groups in total. The van der Waals surface area contributed by atoms with Crippen LogP contribution in [0.15, 0.2) is 195 Å². The van der Waals surface area contributed by atoms with Crippen LogP contribution >= 0.6 is 0 Å². The lowest BCUT2D eigenvalue weighted by Crippen LogP contribution is -2.50. The molecule has 6 aromatic carbocycles. The van der Waals surface area contributed by atoms with Gasteiger partial charge in [-0.05, 0) is 224 Å². The van der Waals surface area contributed by atoms with E-state index in [4.69, 9.17) is 4.98 Å². The Kier molecular flexibility index (Phi) is 22.9. The first-order valence-corrected chi connectivity index (χ1v) is 45.0. The van der Waals surface area contributed by atoms with Gasteiger partial charge in [-0.25, -0.2) is 51.5 Å². The van der Waals surface area contributed by atoms with Gasteiger partial charge in [-0.1, -0.05) is 78.9 Å². The second-order valence-corrected chi connectivity index (χ2v) is 38.3. The molecule has 0 aliphatic carbocycles. The molecule has 4 aliphatic rings. The number of rotatable bonds is 16. The molecule has 4 atom stereocenters. The highest BCUT2D eigenvalue weighted by molar-refractivity contribution is 5.89. The van der Waals surface area contributed by atoms with Crippen molar-refractivity contribution in [1.82, 2.24) is 51.5 Å². The van der Waals surface area contributed by atoms with Gasteiger partial charge in [0.1, 0.15) is 42.1 Å². The van der Waals surface area contributed by atoms with Gasteiger partial charge in [0.05, 0.1) is 143 Å². The number of aromatic nitrogens is 15. The molecule has 23 nitrogen and oxygen atoms in total. The molecule has 8 aromatic heterocycles. The van der Waals surface area contributed by atoms with Crippen LogP contribution in [0.1, 0.15) is 215 Å². The number of benzene rings is 6. The summed E-state index contributed by atoms with van der Waals surface area (Å²) in [5.74, 6) is 13.0. The minimum atomic E-state index is -0.327. The van der Waals surface area contributed by atoms with Crippen molar-refractivity contribution in [3.63, 3.8) is 0 Å². The highest BCUT2D eigenvalue weighted by atomic mass is 15.5. The smallest absolute Gasteiger partial charge is 0.254 e. The lowest BCUT2D eigenvalue weighted by atomic mass is 9.96. The van der Waals surface area contributed by atoms with Gasteiger partial charge in [-0.3, -0.25) is 19.6 Å². The van der Waals surface area contributed by atoms with Crippen LogP contribution in [-0.2, 0) is 78.5 Å². The molecule has 0 radical (unpaired) electrons. The van der Waals surface area contributed by atoms with E-state index in [1.54, 1.807) is 0 Å². The summed E-state index contributed by atoms with van der Waals surface area (Å²) >= 11 is 0. The van der Waals surface area contributed by atoms with Crippen LogP contribution in [0, 0.1) is 34.6 Å². The number of hydrogen-bond donors (Lipinski definition) is 0. The Morgan fingerprint density at radius 3 is 0.928 bits per heavy atom. The Labute approximate surface area is 743 Å². The summed E-state index contributed by atoms with van der Waals surface area (Å²) in [5.41, 5.74) is 14.9. The second-order valence-electron chi connectivity index (χ2n) is 38.3. The van der Waals surface area contributed by atoms with E-state index in [0.717, 1.165) is 28.5 Å². The summed E-state index contributed by atoms with van der Waals surface area (Å²) in [6.45, 7) is 56.3. The molecule has 4 aliphatic heterocycles. The molecule has 0 unspecified atom stereocenters. The summed E-state index contributed by atoms with van der Waals surface area (Å²) in [6.07, 6.45) is 15.7. The molecule has 125 heavy (non-hydrogen) atoms. The van der Waals surface area contributed by atoms with Gasteiger partial charge in [0, 0.05) is 79.5 Å². The van der Waals surface area contributed by atoms with Crippen molar-refractivity contribution in [2.45, 2.75) is 244 Å². The van der Waals surface area contributed by atoms with Gasteiger partial charge in [0.2, 0.25) is 23.3 Å². The third-order valence-electron chi connectivity index (χ3n) is 28.2. The van der Waals surface area contributed by atoms with Crippen molar-refractivity contribution in [1.29, 1.82) is 0 Å². The molecule has 0 saturated carbocycles. The van der Waals surface area contributed by atoms with Crippen molar-refractivity contribution in [3.05, 3.63) is 247 Å². The number of hydrogen-bond acceptors (Lipinski definition) is 11. The molecule has 18 rings (SSSR count). The maximum Gasteiger partial charge on any atom is 0.254 e. The minimum Gasteiger partial charge on any atom is -0.346 e. The van der Waals surface area contributed by atoms with Crippen molar-refractivity contribution in [2.24, 2.45) is 56.4 Å². The predicted molar refractivity (Wildman–Crippen MR) is 512 cm³/mol. The van der Waals surface area contributed by atoms with Gasteiger partial charge in [-0.2, -0.15) is 0 Å². The van der Waals surface area contributed by atoms with Crippen molar-refractivity contribution < 1.29 is 18.3 Å².